The fraction of sp³-hybridized carbons (Fsp3) is 0.667. The van der Waals surface area contributed by atoms with E-state index in [9.17, 15) is 4.79 Å². The fourth-order valence-electron chi connectivity index (χ4n) is 1.53. The van der Waals surface area contributed by atoms with E-state index in [1.807, 2.05) is 0 Å². The van der Waals surface area contributed by atoms with Gasteiger partial charge in [-0.15, -0.1) is 0 Å². The van der Waals surface area contributed by atoms with Crippen molar-refractivity contribution in [2.75, 3.05) is 0 Å². The van der Waals surface area contributed by atoms with Crippen molar-refractivity contribution in [3.8, 4) is 0 Å². The highest BCUT2D eigenvalue weighted by Crippen LogP contribution is 2.20. The summed E-state index contributed by atoms with van der Waals surface area (Å²) in [6, 6.07) is 0. The molecule has 4 nitrogen and oxygen atoms in total. The molecule has 0 aromatic carbocycles. The number of aromatic nitrogens is 2. The smallest absolute Gasteiger partial charge is 0.309 e. The molecule has 0 radical (unpaired) electrons. The number of carboxylic acids is 1. The summed E-state index contributed by atoms with van der Waals surface area (Å²) >= 11 is 0. The molecule has 1 rings (SSSR count). The molecule has 1 aromatic heterocycles. The Kier molecular flexibility index (Phi) is 3.73. The molecule has 90 valence electrons. The van der Waals surface area contributed by atoms with Crippen molar-refractivity contribution in [2.24, 2.45) is 11.3 Å². The summed E-state index contributed by atoms with van der Waals surface area (Å²) < 4.78 is 0. The van der Waals surface area contributed by atoms with Gasteiger partial charge < -0.3 is 10.1 Å². The topological polar surface area (TPSA) is 66.0 Å². The van der Waals surface area contributed by atoms with Crippen LogP contribution in [0.3, 0.4) is 0 Å². The Bertz CT molecular complexity index is 367. The van der Waals surface area contributed by atoms with Crippen LogP contribution in [0, 0.1) is 11.3 Å². The molecule has 16 heavy (non-hydrogen) atoms. The van der Waals surface area contributed by atoms with Gasteiger partial charge in [0.1, 0.15) is 5.82 Å². The van der Waals surface area contributed by atoms with Crippen molar-refractivity contribution in [1.82, 2.24) is 9.97 Å². The van der Waals surface area contributed by atoms with E-state index in [0.717, 1.165) is 17.9 Å². The van der Waals surface area contributed by atoms with Gasteiger partial charge in [-0.25, -0.2) is 4.98 Å². The number of nitrogens with one attached hydrogen (secondary N) is 1. The van der Waals surface area contributed by atoms with E-state index in [4.69, 9.17) is 5.11 Å². The number of aromatic amines is 1. The number of nitrogens with zero attached hydrogens (tertiary/aromatic N) is 1. The first kappa shape index (κ1) is 12.7. The minimum atomic E-state index is -0.797. The maximum absolute atomic E-state index is 11.0. The number of carboxylic acid groups (broad SMARTS) is 1. The number of rotatable bonds is 5. The minimum absolute atomic E-state index is 0.431. The molecular formula is C12H20N2O2. The first-order valence-corrected chi connectivity index (χ1v) is 5.57. The Morgan fingerprint density at radius 3 is 2.69 bits per heavy atom. The second-order valence-electron chi connectivity index (χ2n) is 5.32. The van der Waals surface area contributed by atoms with Crippen molar-refractivity contribution in [1.29, 1.82) is 0 Å². The average molecular weight is 224 g/mol. The SMILES string of the molecule is CC(C)Cc1cnc(CC(C)(C)C(=O)O)[nH]1. The molecule has 0 fully saturated rings. The van der Waals surface area contributed by atoms with Crippen molar-refractivity contribution < 1.29 is 9.90 Å². The quantitative estimate of drug-likeness (QED) is 0.806. The van der Waals surface area contributed by atoms with Crippen LogP contribution in [-0.2, 0) is 17.6 Å². The first-order chi connectivity index (χ1) is 7.31. The van der Waals surface area contributed by atoms with Crippen LogP contribution < -0.4 is 0 Å². The lowest BCUT2D eigenvalue weighted by Crippen LogP contribution is -2.26. The number of hydrogen-bond acceptors (Lipinski definition) is 2. The second-order valence-corrected chi connectivity index (χ2v) is 5.32. The van der Waals surface area contributed by atoms with Gasteiger partial charge in [0, 0.05) is 18.3 Å². The largest absolute Gasteiger partial charge is 0.481 e. The maximum Gasteiger partial charge on any atom is 0.309 e. The Labute approximate surface area is 96.1 Å². The van der Waals surface area contributed by atoms with Crippen molar-refractivity contribution in [2.45, 2.75) is 40.5 Å². The molecule has 1 aromatic rings. The lowest BCUT2D eigenvalue weighted by Gasteiger charge is -2.16. The van der Waals surface area contributed by atoms with E-state index < -0.39 is 11.4 Å². The van der Waals surface area contributed by atoms with Gasteiger partial charge in [-0.1, -0.05) is 13.8 Å². The minimum Gasteiger partial charge on any atom is -0.481 e. The van der Waals surface area contributed by atoms with Crippen molar-refractivity contribution in [3.63, 3.8) is 0 Å². The summed E-state index contributed by atoms with van der Waals surface area (Å²) in [6.07, 6.45) is 3.17. The van der Waals surface area contributed by atoms with Crippen LogP contribution in [0.4, 0.5) is 0 Å². The highest BCUT2D eigenvalue weighted by atomic mass is 16.4. The van der Waals surface area contributed by atoms with Gasteiger partial charge in [-0.05, 0) is 26.2 Å². The Hall–Kier alpha value is -1.32. The van der Waals surface area contributed by atoms with Crippen LogP contribution in [0.25, 0.3) is 0 Å². The number of aliphatic carboxylic acids is 1. The van der Waals surface area contributed by atoms with E-state index in [1.54, 1.807) is 20.0 Å². The van der Waals surface area contributed by atoms with Gasteiger partial charge in [-0.2, -0.15) is 0 Å². The number of H-pyrrole nitrogens is 1. The van der Waals surface area contributed by atoms with Crippen molar-refractivity contribution in [3.05, 3.63) is 17.7 Å². The van der Waals surface area contributed by atoms with Gasteiger partial charge in [0.05, 0.1) is 5.41 Å². The average Bonchev–Trinajstić information content (AvgIpc) is 2.50. The van der Waals surface area contributed by atoms with E-state index in [1.165, 1.54) is 0 Å². The maximum atomic E-state index is 11.0. The van der Waals surface area contributed by atoms with Crippen LogP contribution in [0.2, 0.25) is 0 Å². The molecule has 0 aliphatic carbocycles. The summed E-state index contributed by atoms with van der Waals surface area (Å²) in [5.41, 5.74) is 0.304. The third kappa shape index (κ3) is 3.36. The van der Waals surface area contributed by atoms with Crippen LogP contribution in [-0.4, -0.2) is 21.0 Å². The van der Waals surface area contributed by atoms with E-state index in [-0.39, 0.29) is 0 Å². The third-order valence-corrected chi connectivity index (χ3v) is 2.50. The van der Waals surface area contributed by atoms with Crippen molar-refractivity contribution >= 4 is 5.97 Å². The van der Waals surface area contributed by atoms with Crippen LogP contribution >= 0.6 is 0 Å². The molecule has 0 bridgehead atoms. The molecule has 0 atom stereocenters. The summed E-state index contributed by atoms with van der Waals surface area (Å²) in [5.74, 6) is 0.526. The zero-order valence-electron chi connectivity index (χ0n) is 10.4. The van der Waals surface area contributed by atoms with Crippen LogP contribution in [0.15, 0.2) is 6.20 Å². The number of hydrogen-bond donors (Lipinski definition) is 2. The Morgan fingerprint density at radius 2 is 2.19 bits per heavy atom. The predicted octanol–water partition coefficient (Wildman–Crippen LogP) is 2.26. The summed E-state index contributed by atoms with van der Waals surface area (Å²) in [5, 5.41) is 9.01. The Balaban J connectivity index is 2.69. The third-order valence-electron chi connectivity index (χ3n) is 2.50. The summed E-state index contributed by atoms with van der Waals surface area (Å²) in [4.78, 5) is 18.4. The van der Waals surface area contributed by atoms with Gasteiger partial charge in [0.15, 0.2) is 0 Å². The van der Waals surface area contributed by atoms with Gasteiger partial charge in [0.25, 0.3) is 0 Å². The van der Waals surface area contributed by atoms with E-state index in [0.29, 0.717) is 12.3 Å². The van der Waals surface area contributed by atoms with Crippen LogP contribution in [0.1, 0.15) is 39.2 Å². The predicted molar refractivity (Wildman–Crippen MR) is 62.3 cm³/mol. The standard InChI is InChI=1S/C12H20N2O2/c1-8(2)5-9-7-13-10(14-9)6-12(3,4)11(15)16/h7-8H,5-6H2,1-4H3,(H,13,14)(H,15,16). The van der Waals surface area contributed by atoms with Gasteiger partial charge in [0.2, 0.25) is 0 Å². The molecule has 4 heteroatoms. The van der Waals surface area contributed by atoms with Crippen LogP contribution in [0.5, 0.6) is 0 Å². The lowest BCUT2D eigenvalue weighted by molar-refractivity contribution is -0.146. The molecule has 0 aliphatic heterocycles. The zero-order valence-corrected chi connectivity index (χ0v) is 10.4. The molecule has 0 saturated carbocycles. The fourth-order valence-corrected chi connectivity index (χ4v) is 1.53. The zero-order chi connectivity index (χ0) is 12.3. The lowest BCUT2D eigenvalue weighted by atomic mass is 9.89. The molecule has 0 aliphatic rings. The molecule has 2 N–H and O–H groups in total. The van der Waals surface area contributed by atoms with Gasteiger partial charge >= 0.3 is 5.97 Å². The van der Waals surface area contributed by atoms with Gasteiger partial charge in [-0.3, -0.25) is 4.79 Å². The summed E-state index contributed by atoms with van der Waals surface area (Å²) in [7, 11) is 0. The first-order valence-electron chi connectivity index (χ1n) is 5.57. The van der Waals surface area contributed by atoms with E-state index >= 15 is 0 Å². The Morgan fingerprint density at radius 1 is 1.56 bits per heavy atom. The highest BCUT2D eigenvalue weighted by molar-refractivity contribution is 5.73. The monoisotopic (exact) mass is 224 g/mol. The number of imidazole rings is 1. The molecule has 0 unspecified atom stereocenters. The summed E-state index contributed by atoms with van der Waals surface area (Å²) in [6.45, 7) is 7.70. The highest BCUT2D eigenvalue weighted by Gasteiger charge is 2.28. The molecule has 0 saturated heterocycles. The molecule has 0 amide bonds. The molecular weight excluding hydrogens is 204 g/mol. The number of carbonyl (C=O) groups is 1. The normalized spacial score (nSPS) is 12.1. The molecule has 0 spiro atoms. The van der Waals surface area contributed by atoms with E-state index in [2.05, 4.69) is 23.8 Å². The molecule has 1 heterocycles. The second kappa shape index (κ2) is 4.68.